The predicted molar refractivity (Wildman–Crippen MR) is 68.0 cm³/mol. The van der Waals surface area contributed by atoms with Crippen LogP contribution in [-0.4, -0.2) is 77.5 Å². The van der Waals surface area contributed by atoms with Crippen LogP contribution in [0, 0.1) is 0 Å². The van der Waals surface area contributed by atoms with E-state index in [1.807, 2.05) is 0 Å². The van der Waals surface area contributed by atoms with Crippen molar-refractivity contribution in [2.24, 2.45) is 0 Å². The molecule has 0 radical (unpaired) electrons. The Morgan fingerprint density at radius 3 is 2.50 bits per heavy atom. The Morgan fingerprint density at radius 2 is 1.95 bits per heavy atom. The molecule has 1 N–H and O–H groups in total. The molecule has 3 rings (SSSR count). The van der Waals surface area contributed by atoms with Crippen molar-refractivity contribution in [3.8, 4) is 0 Å². The summed E-state index contributed by atoms with van der Waals surface area (Å²) in [7, 11) is 0. The van der Waals surface area contributed by atoms with E-state index in [1.54, 1.807) is 11.8 Å². The highest BCUT2D eigenvalue weighted by Crippen LogP contribution is 2.35. The summed E-state index contributed by atoms with van der Waals surface area (Å²) in [5.74, 6) is -0.224. The van der Waals surface area contributed by atoms with Crippen molar-refractivity contribution in [1.82, 2.24) is 9.80 Å². The van der Waals surface area contributed by atoms with E-state index in [4.69, 9.17) is 14.6 Å². The summed E-state index contributed by atoms with van der Waals surface area (Å²) in [6.07, 6.45) is 1.61. The lowest BCUT2D eigenvalue weighted by Gasteiger charge is -2.31. The van der Waals surface area contributed by atoms with E-state index in [1.165, 1.54) is 0 Å². The summed E-state index contributed by atoms with van der Waals surface area (Å²) in [6, 6.07) is -0.321. The maximum absolute atomic E-state index is 12.5. The fourth-order valence-corrected chi connectivity index (χ4v) is 2.72. The molecule has 0 aromatic rings. The molecule has 3 atom stereocenters. The van der Waals surface area contributed by atoms with E-state index in [0.717, 1.165) is 17.9 Å². The van der Waals surface area contributed by atoms with Crippen molar-refractivity contribution in [2.75, 3.05) is 32.9 Å². The normalized spacial score (nSPS) is 35.9. The molecule has 112 valence electrons. The van der Waals surface area contributed by atoms with Gasteiger partial charge in [-0.1, -0.05) is 0 Å². The molecule has 20 heavy (non-hydrogen) atoms. The van der Waals surface area contributed by atoms with Crippen molar-refractivity contribution in [3.05, 3.63) is 0 Å². The van der Waals surface area contributed by atoms with E-state index in [-0.39, 0.29) is 37.3 Å². The van der Waals surface area contributed by atoms with Crippen LogP contribution in [0.25, 0.3) is 0 Å². The minimum atomic E-state index is -0.843. The molecule has 0 aromatic heterocycles. The molecule has 3 aliphatic heterocycles. The molecule has 7 nitrogen and oxygen atoms in total. The van der Waals surface area contributed by atoms with Crippen LogP contribution in [-0.2, 0) is 14.3 Å². The van der Waals surface area contributed by atoms with Gasteiger partial charge < -0.3 is 19.5 Å². The highest BCUT2D eigenvalue weighted by molar-refractivity contribution is 6.06. The summed E-state index contributed by atoms with van der Waals surface area (Å²) in [4.78, 5) is 27.7. The Morgan fingerprint density at radius 1 is 1.30 bits per heavy atom. The average Bonchev–Trinajstić information content (AvgIpc) is 3.31. The summed E-state index contributed by atoms with van der Waals surface area (Å²) in [5, 5.41) is 9.03. The molecule has 3 amide bonds. The molecule has 0 aromatic carbocycles. The zero-order valence-corrected chi connectivity index (χ0v) is 11.6. The van der Waals surface area contributed by atoms with Crippen molar-refractivity contribution in [3.63, 3.8) is 0 Å². The number of carbonyl (C=O) groups excluding carboxylic acids is 2. The van der Waals surface area contributed by atoms with Crippen LogP contribution in [0.4, 0.5) is 4.79 Å². The van der Waals surface area contributed by atoms with Gasteiger partial charge in [-0.05, 0) is 19.8 Å². The highest BCUT2D eigenvalue weighted by atomic mass is 16.6. The highest BCUT2D eigenvalue weighted by Gasteiger charge is 2.55. The number of urea groups is 1. The lowest BCUT2D eigenvalue weighted by molar-refractivity contribution is -0.133. The molecule has 7 heteroatoms. The SMILES string of the molecule is CC1(CCC2CO2)C(=O)N(CCO)C(=O)N1CC1CO1. The number of amides is 3. The monoisotopic (exact) mass is 284 g/mol. The first-order valence-electron chi connectivity index (χ1n) is 7.04. The average molecular weight is 284 g/mol. The number of aliphatic hydroxyl groups is 1. The van der Waals surface area contributed by atoms with E-state index in [2.05, 4.69) is 0 Å². The molecule has 3 heterocycles. The van der Waals surface area contributed by atoms with E-state index < -0.39 is 5.54 Å². The van der Waals surface area contributed by atoms with E-state index >= 15 is 0 Å². The van der Waals surface area contributed by atoms with Gasteiger partial charge in [0.25, 0.3) is 5.91 Å². The van der Waals surface area contributed by atoms with Crippen LogP contribution in [0.2, 0.25) is 0 Å². The van der Waals surface area contributed by atoms with Crippen LogP contribution in [0.5, 0.6) is 0 Å². The number of ether oxygens (including phenoxy) is 2. The number of aliphatic hydroxyl groups excluding tert-OH is 1. The summed E-state index contributed by atoms with van der Waals surface area (Å²) in [5.41, 5.74) is -0.843. The number of nitrogens with zero attached hydrogens (tertiary/aromatic N) is 2. The third-order valence-corrected chi connectivity index (χ3v) is 4.23. The van der Waals surface area contributed by atoms with Gasteiger partial charge in [0, 0.05) is 0 Å². The second-order valence-corrected chi connectivity index (χ2v) is 5.80. The van der Waals surface area contributed by atoms with Gasteiger partial charge in [-0.15, -0.1) is 0 Å². The Balaban J connectivity index is 1.77. The quantitative estimate of drug-likeness (QED) is 0.507. The van der Waals surface area contributed by atoms with Crippen molar-refractivity contribution >= 4 is 11.9 Å². The standard InChI is InChI=1S/C13H20N2O5/c1-13(3-2-9-7-19-9)11(17)14(4-5-16)12(18)15(13)6-10-8-20-10/h9-10,16H,2-8H2,1H3. The lowest BCUT2D eigenvalue weighted by atomic mass is 9.93. The van der Waals surface area contributed by atoms with Gasteiger partial charge in [-0.25, -0.2) is 4.79 Å². The molecule has 0 spiro atoms. The van der Waals surface area contributed by atoms with Crippen LogP contribution < -0.4 is 0 Å². The molecule has 0 aliphatic carbocycles. The van der Waals surface area contributed by atoms with Crippen molar-refractivity contribution in [1.29, 1.82) is 0 Å². The van der Waals surface area contributed by atoms with Crippen molar-refractivity contribution in [2.45, 2.75) is 37.5 Å². The van der Waals surface area contributed by atoms with E-state index in [0.29, 0.717) is 19.6 Å². The zero-order valence-electron chi connectivity index (χ0n) is 11.6. The summed E-state index contributed by atoms with van der Waals surface area (Å²) < 4.78 is 10.4. The molecule has 3 fully saturated rings. The van der Waals surface area contributed by atoms with E-state index in [9.17, 15) is 9.59 Å². The first-order valence-corrected chi connectivity index (χ1v) is 7.04. The largest absolute Gasteiger partial charge is 0.395 e. The minimum Gasteiger partial charge on any atom is -0.395 e. The molecular formula is C13H20N2O5. The Hall–Kier alpha value is -1.18. The maximum Gasteiger partial charge on any atom is 0.327 e. The number of hydrogen-bond donors (Lipinski definition) is 1. The molecule has 3 unspecified atom stereocenters. The van der Waals surface area contributed by atoms with Crippen LogP contribution >= 0.6 is 0 Å². The topological polar surface area (TPSA) is 85.9 Å². The third-order valence-electron chi connectivity index (χ3n) is 4.23. The third kappa shape index (κ3) is 2.41. The van der Waals surface area contributed by atoms with Crippen LogP contribution in [0.15, 0.2) is 0 Å². The zero-order chi connectivity index (χ0) is 14.3. The maximum atomic E-state index is 12.5. The first kappa shape index (κ1) is 13.8. The summed E-state index contributed by atoms with van der Waals surface area (Å²) in [6.45, 7) is 3.45. The molecule has 3 aliphatic rings. The van der Waals surface area contributed by atoms with Gasteiger partial charge >= 0.3 is 6.03 Å². The summed E-state index contributed by atoms with van der Waals surface area (Å²) >= 11 is 0. The fraction of sp³-hybridized carbons (Fsp3) is 0.846. The van der Waals surface area contributed by atoms with Gasteiger partial charge in [-0.3, -0.25) is 9.69 Å². The Labute approximate surface area is 117 Å². The minimum absolute atomic E-state index is 0.0392. The molecular weight excluding hydrogens is 264 g/mol. The molecule has 0 saturated carbocycles. The van der Waals surface area contributed by atoms with Gasteiger partial charge in [0.1, 0.15) is 5.54 Å². The van der Waals surface area contributed by atoms with Crippen LogP contribution in [0.1, 0.15) is 19.8 Å². The second-order valence-electron chi connectivity index (χ2n) is 5.80. The Kier molecular flexibility index (Phi) is 3.43. The first-order chi connectivity index (χ1) is 9.56. The number of β-amino-alcohol motifs (C(OH)–C–C–N with tert-alkyl or cyclic N) is 1. The Bertz CT molecular complexity index is 421. The van der Waals surface area contributed by atoms with Crippen LogP contribution in [0.3, 0.4) is 0 Å². The van der Waals surface area contributed by atoms with Gasteiger partial charge in [0.05, 0.1) is 45.1 Å². The lowest BCUT2D eigenvalue weighted by Crippen LogP contribution is -2.48. The molecule has 3 saturated heterocycles. The number of hydrogen-bond acceptors (Lipinski definition) is 5. The predicted octanol–water partition coefficient (Wildman–Crippen LogP) is -0.421. The number of epoxide rings is 2. The number of carbonyl (C=O) groups is 2. The van der Waals surface area contributed by atoms with Crippen molar-refractivity contribution < 1.29 is 24.2 Å². The van der Waals surface area contributed by atoms with Gasteiger partial charge in [0.15, 0.2) is 0 Å². The number of imide groups is 1. The second kappa shape index (κ2) is 4.98. The molecule has 0 bridgehead atoms. The van der Waals surface area contributed by atoms with Gasteiger partial charge in [0.2, 0.25) is 0 Å². The smallest absolute Gasteiger partial charge is 0.327 e. The number of rotatable bonds is 7. The van der Waals surface area contributed by atoms with Gasteiger partial charge in [-0.2, -0.15) is 0 Å². The fourth-order valence-electron chi connectivity index (χ4n) is 2.72.